The fourth-order valence-electron chi connectivity index (χ4n) is 6.50. The third kappa shape index (κ3) is 6.86. The van der Waals surface area contributed by atoms with Gasteiger partial charge in [0.25, 0.3) is 5.91 Å². The molecule has 2 fully saturated rings. The number of piperidine rings is 1. The summed E-state index contributed by atoms with van der Waals surface area (Å²) in [4.78, 5) is 19.1. The van der Waals surface area contributed by atoms with Gasteiger partial charge in [0.1, 0.15) is 12.7 Å². The van der Waals surface area contributed by atoms with Gasteiger partial charge in [-0.2, -0.15) is 18.2 Å². The van der Waals surface area contributed by atoms with E-state index in [2.05, 4.69) is 20.8 Å². The normalized spacial score (nSPS) is 23.0. The highest BCUT2D eigenvalue weighted by molar-refractivity contribution is 5.96. The van der Waals surface area contributed by atoms with Crippen molar-refractivity contribution in [3.63, 3.8) is 0 Å². The number of alkyl halides is 4. The molecule has 1 saturated carbocycles. The molecule has 4 aromatic rings. The van der Waals surface area contributed by atoms with Crippen LogP contribution in [0.4, 0.5) is 23.2 Å². The molecule has 0 radical (unpaired) electrons. The van der Waals surface area contributed by atoms with E-state index < -0.39 is 24.9 Å². The molecule has 4 heterocycles. The number of likely N-dealkylation sites (tertiary alicyclic amines) is 1. The van der Waals surface area contributed by atoms with Gasteiger partial charge < -0.3 is 33.9 Å². The average molecular weight is 632 g/mol. The van der Waals surface area contributed by atoms with Crippen molar-refractivity contribution < 1.29 is 31.6 Å². The van der Waals surface area contributed by atoms with E-state index in [1.165, 1.54) is 0 Å². The van der Waals surface area contributed by atoms with Gasteiger partial charge in [-0.25, -0.2) is 4.39 Å². The molecule has 6 rings (SSSR count). The molecule has 4 atom stereocenters. The number of halogens is 4. The van der Waals surface area contributed by atoms with E-state index in [0.29, 0.717) is 35.1 Å². The van der Waals surface area contributed by atoms with Gasteiger partial charge in [0, 0.05) is 43.7 Å². The van der Waals surface area contributed by atoms with Crippen molar-refractivity contribution in [2.24, 2.45) is 0 Å². The molecule has 1 aliphatic carbocycles. The van der Waals surface area contributed by atoms with Crippen LogP contribution in [0.2, 0.25) is 0 Å². The Bertz CT molecular complexity index is 1630. The van der Waals surface area contributed by atoms with E-state index in [-0.39, 0.29) is 48.6 Å². The minimum Gasteiger partial charge on any atom is -0.379 e. The largest absolute Gasteiger partial charge is 0.406 e. The lowest BCUT2D eigenvalue weighted by Gasteiger charge is -2.33. The fraction of sp³-hybridized carbons (Fsp3) is 0.516. The second-order valence-corrected chi connectivity index (χ2v) is 12.0. The lowest BCUT2D eigenvalue weighted by Crippen LogP contribution is -2.46. The minimum absolute atomic E-state index is 0.0401. The molecule has 1 aliphatic heterocycles. The molecule has 10 nitrogen and oxygen atoms in total. The standard InChI is InChI=1S/C31H37F4N7O3/c1-40-12-11-23(21(32)17-40)37-22-6-5-8-24-20(22)14-26(42(24)18-31(33,34)35)29-38-28(45-39-29)15-36-30(43)19-10-13-41(16-19)25-7-3-4-9-27(25)44-2/h5-6,8,10,13-14,16,21,23,25,27,37H,3-4,7,9,11-12,15,17-18H2,1-2H3,(H,36,43)/t21-,23+,25+,27+/m0/s1. The zero-order valence-corrected chi connectivity index (χ0v) is 25.2. The van der Waals surface area contributed by atoms with E-state index in [1.54, 1.807) is 43.6 Å². The number of carbonyl (C=O) groups is 1. The lowest BCUT2D eigenvalue weighted by molar-refractivity contribution is -0.139. The topological polar surface area (TPSA) is 102 Å². The fourth-order valence-corrected chi connectivity index (χ4v) is 6.50. The van der Waals surface area contributed by atoms with Gasteiger partial charge in [-0.3, -0.25) is 4.79 Å². The summed E-state index contributed by atoms with van der Waals surface area (Å²) < 4.78 is 70.0. The number of nitrogens with one attached hydrogen (secondary N) is 2. The predicted molar refractivity (Wildman–Crippen MR) is 160 cm³/mol. The highest BCUT2D eigenvalue weighted by Gasteiger charge is 2.33. The smallest absolute Gasteiger partial charge is 0.379 e. The van der Waals surface area contributed by atoms with Gasteiger partial charge in [0.2, 0.25) is 11.7 Å². The molecule has 3 aromatic heterocycles. The maximum atomic E-state index is 14.8. The molecule has 0 spiro atoms. The molecule has 1 saturated heterocycles. The van der Waals surface area contributed by atoms with Crippen molar-refractivity contribution in [2.45, 2.75) is 75.7 Å². The van der Waals surface area contributed by atoms with Crippen LogP contribution in [-0.2, 0) is 17.8 Å². The van der Waals surface area contributed by atoms with E-state index in [9.17, 15) is 22.4 Å². The number of carbonyl (C=O) groups excluding carboxylic acids is 1. The number of benzene rings is 1. The predicted octanol–water partition coefficient (Wildman–Crippen LogP) is 5.57. The van der Waals surface area contributed by atoms with Crippen molar-refractivity contribution in [1.82, 2.24) is 29.5 Å². The minimum atomic E-state index is -4.53. The molecular formula is C31H37F4N7O3. The van der Waals surface area contributed by atoms with Crippen molar-refractivity contribution in [2.75, 3.05) is 32.6 Å². The SMILES string of the molecule is CO[C@@H]1CCCC[C@H]1n1ccc(C(=O)NCc2nc(-c3cc4c(N[C@@H]5CCN(C)C[C@@H]5F)cccc4n3CC(F)(F)F)no2)c1. The number of anilines is 1. The lowest BCUT2D eigenvalue weighted by atomic mass is 9.92. The first-order valence-electron chi connectivity index (χ1n) is 15.2. The second-order valence-electron chi connectivity index (χ2n) is 12.0. The van der Waals surface area contributed by atoms with Gasteiger partial charge in [-0.15, -0.1) is 0 Å². The number of amides is 1. The maximum Gasteiger partial charge on any atom is 0.406 e. The molecule has 2 N–H and O–H groups in total. The molecule has 14 heteroatoms. The van der Waals surface area contributed by atoms with Crippen LogP contribution in [0.15, 0.2) is 47.2 Å². The van der Waals surface area contributed by atoms with E-state index in [0.717, 1.165) is 30.3 Å². The van der Waals surface area contributed by atoms with Crippen molar-refractivity contribution in [1.29, 1.82) is 0 Å². The summed E-state index contributed by atoms with van der Waals surface area (Å²) in [6.45, 7) is -0.410. The van der Waals surface area contributed by atoms with Gasteiger partial charge >= 0.3 is 6.18 Å². The summed E-state index contributed by atoms with van der Waals surface area (Å²) in [5.41, 5.74) is 1.38. The van der Waals surface area contributed by atoms with Crippen LogP contribution < -0.4 is 10.6 Å². The van der Waals surface area contributed by atoms with Crippen molar-refractivity contribution >= 4 is 22.5 Å². The highest BCUT2D eigenvalue weighted by atomic mass is 19.4. The number of hydrogen-bond donors (Lipinski definition) is 2. The number of nitrogens with zero attached hydrogens (tertiary/aromatic N) is 5. The number of aromatic nitrogens is 4. The Kier molecular flexibility index (Phi) is 8.87. The summed E-state index contributed by atoms with van der Waals surface area (Å²) >= 11 is 0. The molecule has 2 aliphatic rings. The van der Waals surface area contributed by atoms with Gasteiger partial charge in [-0.05, 0) is 50.6 Å². The Balaban J connectivity index is 1.20. The molecule has 0 unspecified atom stereocenters. The van der Waals surface area contributed by atoms with Crippen LogP contribution in [0, 0.1) is 0 Å². The monoisotopic (exact) mass is 631 g/mol. The van der Waals surface area contributed by atoms with Gasteiger partial charge in [-0.1, -0.05) is 24.1 Å². The highest BCUT2D eigenvalue weighted by Crippen LogP contribution is 2.35. The molecule has 1 amide bonds. The molecule has 45 heavy (non-hydrogen) atoms. The molecule has 0 bridgehead atoms. The molecular weight excluding hydrogens is 594 g/mol. The molecule has 1 aromatic carbocycles. The Morgan fingerprint density at radius 3 is 2.78 bits per heavy atom. The first-order chi connectivity index (χ1) is 21.6. The number of hydrogen-bond acceptors (Lipinski definition) is 7. The van der Waals surface area contributed by atoms with Crippen LogP contribution in [0.25, 0.3) is 22.4 Å². The Morgan fingerprint density at radius 2 is 2.00 bits per heavy atom. The van der Waals surface area contributed by atoms with E-state index in [4.69, 9.17) is 9.26 Å². The van der Waals surface area contributed by atoms with Crippen LogP contribution in [0.3, 0.4) is 0 Å². The van der Waals surface area contributed by atoms with Crippen LogP contribution in [-0.4, -0.2) is 81.8 Å². The summed E-state index contributed by atoms with van der Waals surface area (Å²) in [6, 6.07) is 7.91. The Morgan fingerprint density at radius 1 is 1.18 bits per heavy atom. The van der Waals surface area contributed by atoms with Crippen molar-refractivity contribution in [3.8, 4) is 11.5 Å². The average Bonchev–Trinajstić information content (AvgIpc) is 3.76. The number of ether oxygens (including phenoxy) is 1. The zero-order valence-electron chi connectivity index (χ0n) is 25.2. The number of methoxy groups -OCH3 is 1. The zero-order chi connectivity index (χ0) is 31.7. The second kappa shape index (κ2) is 12.8. The van der Waals surface area contributed by atoms with E-state index in [1.807, 2.05) is 22.7 Å². The van der Waals surface area contributed by atoms with E-state index >= 15 is 0 Å². The quantitative estimate of drug-likeness (QED) is 0.233. The summed E-state index contributed by atoms with van der Waals surface area (Å²) in [5, 5.41) is 10.4. The Hall–Kier alpha value is -3.91. The summed E-state index contributed by atoms with van der Waals surface area (Å²) in [6.07, 6.45) is 2.80. The maximum absolute atomic E-state index is 14.8. The van der Waals surface area contributed by atoms with Crippen LogP contribution >= 0.6 is 0 Å². The first-order valence-corrected chi connectivity index (χ1v) is 15.2. The third-order valence-corrected chi connectivity index (χ3v) is 8.80. The molecule has 242 valence electrons. The summed E-state index contributed by atoms with van der Waals surface area (Å²) in [5.74, 6) is -0.360. The van der Waals surface area contributed by atoms with Gasteiger partial charge in [0.15, 0.2) is 0 Å². The van der Waals surface area contributed by atoms with Crippen LogP contribution in [0.5, 0.6) is 0 Å². The summed E-state index contributed by atoms with van der Waals surface area (Å²) in [7, 11) is 3.55. The third-order valence-electron chi connectivity index (χ3n) is 8.80. The first kappa shape index (κ1) is 31.1. The Labute approximate surface area is 257 Å². The number of rotatable bonds is 9. The number of fused-ring (bicyclic) bond motifs is 1. The van der Waals surface area contributed by atoms with Gasteiger partial charge in [0.05, 0.1) is 41.5 Å². The van der Waals surface area contributed by atoms with Crippen LogP contribution in [0.1, 0.15) is 54.4 Å². The van der Waals surface area contributed by atoms with Crippen molar-refractivity contribution in [3.05, 3.63) is 54.2 Å².